The molecule has 140 valence electrons. The molecule has 1 aliphatic carbocycles. The monoisotopic (exact) mass is 360 g/mol. The van der Waals surface area contributed by atoms with E-state index in [1.165, 1.54) is 48.9 Å². The SMILES string of the molecule is CCc1cnc(-c2ccc(OCc3ccccc3)cc2)n1C1CCCCC1. The maximum absolute atomic E-state index is 5.93. The van der Waals surface area contributed by atoms with E-state index in [1.54, 1.807) is 0 Å². The fourth-order valence-corrected chi connectivity index (χ4v) is 4.06. The second-order valence-corrected chi connectivity index (χ2v) is 7.39. The number of ether oxygens (including phenoxy) is 1. The standard InChI is InChI=1S/C24H28N2O/c1-2-21-17-25-24(26(21)22-11-7-4-8-12-22)20-13-15-23(16-14-20)27-18-19-9-5-3-6-10-19/h3,5-6,9-10,13-17,22H,2,4,7-8,11-12,18H2,1H3. The fourth-order valence-electron chi connectivity index (χ4n) is 4.06. The zero-order valence-corrected chi connectivity index (χ0v) is 16.1. The van der Waals surface area contributed by atoms with Crippen LogP contribution in [0.15, 0.2) is 60.8 Å². The molecule has 0 unspecified atom stereocenters. The third kappa shape index (κ3) is 4.08. The van der Waals surface area contributed by atoms with Crippen molar-refractivity contribution in [1.29, 1.82) is 0 Å². The van der Waals surface area contributed by atoms with E-state index in [-0.39, 0.29) is 0 Å². The summed E-state index contributed by atoms with van der Waals surface area (Å²) in [5.74, 6) is 2.00. The van der Waals surface area contributed by atoms with Gasteiger partial charge in [0, 0.05) is 23.5 Å². The minimum absolute atomic E-state index is 0.594. The van der Waals surface area contributed by atoms with E-state index in [9.17, 15) is 0 Å². The molecule has 1 saturated carbocycles. The molecule has 3 aromatic rings. The third-order valence-electron chi connectivity index (χ3n) is 5.54. The maximum Gasteiger partial charge on any atom is 0.140 e. The van der Waals surface area contributed by atoms with Crippen molar-refractivity contribution in [3.63, 3.8) is 0 Å². The van der Waals surface area contributed by atoms with Crippen molar-refractivity contribution in [1.82, 2.24) is 9.55 Å². The molecule has 0 bridgehead atoms. The highest BCUT2D eigenvalue weighted by atomic mass is 16.5. The number of benzene rings is 2. The summed E-state index contributed by atoms with van der Waals surface area (Å²) in [5.41, 5.74) is 3.70. The summed E-state index contributed by atoms with van der Waals surface area (Å²) < 4.78 is 8.43. The van der Waals surface area contributed by atoms with Gasteiger partial charge in [0.25, 0.3) is 0 Å². The lowest BCUT2D eigenvalue weighted by Crippen LogP contribution is -2.16. The van der Waals surface area contributed by atoms with Crippen molar-refractivity contribution in [3.05, 3.63) is 72.1 Å². The van der Waals surface area contributed by atoms with Crippen LogP contribution in [0, 0.1) is 0 Å². The van der Waals surface area contributed by atoms with Gasteiger partial charge in [0.1, 0.15) is 18.2 Å². The molecule has 0 N–H and O–H groups in total. The molecule has 3 heteroatoms. The van der Waals surface area contributed by atoms with Crippen molar-refractivity contribution >= 4 is 0 Å². The molecule has 3 nitrogen and oxygen atoms in total. The maximum atomic E-state index is 5.93. The van der Waals surface area contributed by atoms with Gasteiger partial charge in [-0.3, -0.25) is 0 Å². The van der Waals surface area contributed by atoms with Gasteiger partial charge in [-0.05, 0) is 49.1 Å². The lowest BCUT2D eigenvalue weighted by atomic mass is 9.94. The summed E-state index contributed by atoms with van der Waals surface area (Å²) >= 11 is 0. The van der Waals surface area contributed by atoms with Crippen LogP contribution in [-0.2, 0) is 13.0 Å². The van der Waals surface area contributed by atoms with Crippen molar-refractivity contribution in [3.8, 4) is 17.1 Å². The van der Waals surface area contributed by atoms with E-state index in [0.717, 1.165) is 18.0 Å². The summed E-state index contributed by atoms with van der Waals surface area (Å²) in [6, 6.07) is 19.3. The third-order valence-corrected chi connectivity index (χ3v) is 5.54. The average molecular weight is 361 g/mol. The van der Waals surface area contributed by atoms with Crippen LogP contribution in [0.1, 0.15) is 56.3 Å². The van der Waals surface area contributed by atoms with E-state index in [1.807, 2.05) is 18.2 Å². The van der Waals surface area contributed by atoms with Crippen LogP contribution in [0.4, 0.5) is 0 Å². The van der Waals surface area contributed by atoms with E-state index >= 15 is 0 Å². The van der Waals surface area contributed by atoms with E-state index < -0.39 is 0 Å². The number of nitrogens with zero attached hydrogens (tertiary/aromatic N) is 2. The molecule has 1 heterocycles. The average Bonchev–Trinajstić information content (AvgIpc) is 3.18. The van der Waals surface area contributed by atoms with Gasteiger partial charge in [-0.2, -0.15) is 0 Å². The molecular weight excluding hydrogens is 332 g/mol. The quantitative estimate of drug-likeness (QED) is 0.523. The van der Waals surface area contributed by atoms with Gasteiger partial charge in [0.05, 0.1) is 0 Å². The van der Waals surface area contributed by atoms with Gasteiger partial charge in [-0.15, -0.1) is 0 Å². The molecule has 0 radical (unpaired) electrons. The number of rotatable bonds is 6. The van der Waals surface area contributed by atoms with Gasteiger partial charge in [-0.1, -0.05) is 56.5 Å². The van der Waals surface area contributed by atoms with Gasteiger partial charge >= 0.3 is 0 Å². The smallest absolute Gasteiger partial charge is 0.140 e. The molecule has 1 aliphatic rings. The number of aromatic nitrogens is 2. The Kier molecular flexibility index (Phi) is 5.57. The molecule has 1 aromatic heterocycles. The largest absolute Gasteiger partial charge is 0.489 e. The van der Waals surface area contributed by atoms with Gasteiger partial charge < -0.3 is 9.30 Å². The van der Waals surface area contributed by atoms with Crippen LogP contribution < -0.4 is 4.74 Å². The molecule has 0 aliphatic heterocycles. The first-order valence-corrected chi connectivity index (χ1v) is 10.2. The Hall–Kier alpha value is -2.55. The van der Waals surface area contributed by atoms with Crippen LogP contribution in [0.25, 0.3) is 11.4 Å². The van der Waals surface area contributed by atoms with Crippen LogP contribution in [0.5, 0.6) is 5.75 Å². The second-order valence-electron chi connectivity index (χ2n) is 7.39. The highest BCUT2D eigenvalue weighted by Crippen LogP contribution is 2.34. The second kappa shape index (κ2) is 8.43. The number of hydrogen-bond acceptors (Lipinski definition) is 2. The van der Waals surface area contributed by atoms with Gasteiger partial charge in [0.15, 0.2) is 0 Å². The molecule has 0 amide bonds. The zero-order valence-electron chi connectivity index (χ0n) is 16.1. The van der Waals surface area contributed by atoms with Crippen LogP contribution in [0.2, 0.25) is 0 Å². The van der Waals surface area contributed by atoms with Crippen molar-refractivity contribution in [2.45, 2.75) is 58.1 Å². The molecule has 0 saturated heterocycles. The highest BCUT2D eigenvalue weighted by Gasteiger charge is 2.21. The Bertz CT molecular complexity index is 846. The first kappa shape index (κ1) is 17.8. The molecule has 4 rings (SSSR count). The Morgan fingerprint density at radius 1 is 0.963 bits per heavy atom. The van der Waals surface area contributed by atoms with E-state index in [2.05, 4.69) is 54.1 Å². The predicted octanol–water partition coefficient (Wildman–Crippen LogP) is 6.20. The number of aryl methyl sites for hydroxylation is 1. The molecule has 1 fully saturated rings. The Morgan fingerprint density at radius 2 is 1.70 bits per heavy atom. The normalized spacial score (nSPS) is 15.0. The Morgan fingerprint density at radius 3 is 2.41 bits per heavy atom. The lowest BCUT2D eigenvalue weighted by molar-refractivity contribution is 0.306. The van der Waals surface area contributed by atoms with Gasteiger partial charge in [0.2, 0.25) is 0 Å². The highest BCUT2D eigenvalue weighted by molar-refractivity contribution is 5.57. The molecule has 27 heavy (non-hydrogen) atoms. The summed E-state index contributed by atoms with van der Waals surface area (Å²) in [6.07, 6.45) is 9.67. The fraction of sp³-hybridized carbons (Fsp3) is 0.375. The zero-order chi connectivity index (χ0) is 18.5. The minimum atomic E-state index is 0.594. The topological polar surface area (TPSA) is 27.1 Å². The van der Waals surface area contributed by atoms with Crippen LogP contribution in [0.3, 0.4) is 0 Å². The molecule has 0 spiro atoms. The predicted molar refractivity (Wildman–Crippen MR) is 110 cm³/mol. The minimum Gasteiger partial charge on any atom is -0.489 e. The Balaban J connectivity index is 1.52. The van der Waals surface area contributed by atoms with E-state index in [0.29, 0.717) is 12.6 Å². The molecule has 0 atom stereocenters. The van der Waals surface area contributed by atoms with Crippen molar-refractivity contribution < 1.29 is 4.74 Å². The summed E-state index contributed by atoms with van der Waals surface area (Å²) in [6.45, 7) is 2.82. The van der Waals surface area contributed by atoms with Crippen molar-refractivity contribution in [2.75, 3.05) is 0 Å². The van der Waals surface area contributed by atoms with Crippen LogP contribution in [-0.4, -0.2) is 9.55 Å². The molecular formula is C24H28N2O. The summed E-state index contributed by atoms with van der Waals surface area (Å²) in [7, 11) is 0. The van der Waals surface area contributed by atoms with Crippen LogP contribution >= 0.6 is 0 Å². The first-order chi connectivity index (χ1) is 13.3. The lowest BCUT2D eigenvalue weighted by Gasteiger charge is -2.26. The molecule has 2 aromatic carbocycles. The number of imidazole rings is 1. The summed E-state index contributed by atoms with van der Waals surface area (Å²) in [4.78, 5) is 4.78. The van der Waals surface area contributed by atoms with Crippen molar-refractivity contribution in [2.24, 2.45) is 0 Å². The first-order valence-electron chi connectivity index (χ1n) is 10.2. The number of hydrogen-bond donors (Lipinski definition) is 0. The van der Waals surface area contributed by atoms with E-state index in [4.69, 9.17) is 9.72 Å². The van der Waals surface area contributed by atoms with Gasteiger partial charge in [-0.25, -0.2) is 4.98 Å². The summed E-state index contributed by atoms with van der Waals surface area (Å²) in [5, 5.41) is 0. The Labute approximate surface area is 162 Å².